The minimum absolute atomic E-state index is 0.0783. The number of aromatic nitrogens is 6. The third-order valence-electron chi connectivity index (χ3n) is 3.62. The van der Waals surface area contributed by atoms with Crippen molar-refractivity contribution < 1.29 is 24.8 Å². The molecule has 0 radical (unpaired) electrons. The fraction of sp³-hybridized carbons (Fsp3) is 0.583. The summed E-state index contributed by atoms with van der Waals surface area (Å²) in [6.07, 6.45) is -3.19. The maximum atomic E-state index is 10.2. The Morgan fingerprint density at radius 3 is 2.88 bits per heavy atom. The smallest absolute Gasteiger partial charge is 0.218 e. The Morgan fingerprint density at radius 2 is 2.21 bits per heavy atom. The Labute approximate surface area is 135 Å². The van der Waals surface area contributed by atoms with Crippen LogP contribution < -0.4 is 10.1 Å². The van der Waals surface area contributed by atoms with Crippen molar-refractivity contribution in [2.45, 2.75) is 24.4 Å². The molecule has 0 amide bonds. The van der Waals surface area contributed by atoms with Crippen LogP contribution in [0.25, 0.3) is 11.6 Å². The molecule has 0 aliphatic carbocycles. The molecule has 4 atom stereocenters. The monoisotopic (exact) mass is 339 g/mol. The number of aliphatic hydroxyl groups is 3. The van der Waals surface area contributed by atoms with Crippen LogP contribution >= 0.6 is 0 Å². The quantitative estimate of drug-likeness (QED) is 0.392. The van der Waals surface area contributed by atoms with Gasteiger partial charge in [-0.25, -0.2) is 10.1 Å². The normalized spacial score (nSPS) is 27.0. The lowest BCUT2D eigenvalue weighted by Crippen LogP contribution is -2.56. The topological polar surface area (TPSA) is 171 Å². The zero-order valence-corrected chi connectivity index (χ0v) is 12.7. The minimum atomic E-state index is -1.22. The molecule has 12 heteroatoms. The summed E-state index contributed by atoms with van der Waals surface area (Å²) in [6, 6.07) is 0.882. The van der Waals surface area contributed by atoms with Gasteiger partial charge in [-0.2, -0.15) is 4.98 Å². The van der Waals surface area contributed by atoms with Crippen LogP contribution in [-0.4, -0.2) is 90.6 Å². The molecule has 3 unspecified atom stereocenters. The molecule has 0 aromatic carbocycles. The van der Waals surface area contributed by atoms with Crippen LogP contribution in [0.5, 0.6) is 5.88 Å². The molecule has 1 aliphatic heterocycles. The van der Waals surface area contributed by atoms with Gasteiger partial charge in [0, 0.05) is 6.07 Å². The Balaban J connectivity index is 1.81. The minimum Gasteiger partial charge on any atom is -0.481 e. The molecule has 0 bridgehead atoms. The summed E-state index contributed by atoms with van der Waals surface area (Å²) in [5.74, 6) is 1.04. The van der Waals surface area contributed by atoms with Crippen LogP contribution in [0.1, 0.15) is 0 Å². The van der Waals surface area contributed by atoms with E-state index < -0.39 is 24.4 Å². The molecule has 1 fully saturated rings. The van der Waals surface area contributed by atoms with Gasteiger partial charge in [0.05, 0.1) is 26.4 Å². The number of hydrogen-bond donors (Lipinski definition) is 5. The Hall–Kier alpha value is -2.41. The van der Waals surface area contributed by atoms with Crippen LogP contribution in [0.4, 0.5) is 5.82 Å². The molecule has 0 spiro atoms. The fourth-order valence-corrected chi connectivity index (χ4v) is 2.32. The molecule has 24 heavy (non-hydrogen) atoms. The Morgan fingerprint density at radius 1 is 1.38 bits per heavy atom. The number of rotatable bonds is 5. The van der Waals surface area contributed by atoms with E-state index in [1.807, 2.05) is 0 Å². The van der Waals surface area contributed by atoms with Gasteiger partial charge in [0.1, 0.15) is 24.1 Å². The lowest BCUT2D eigenvalue weighted by molar-refractivity contribution is -0.152. The molecule has 2 aromatic heterocycles. The number of nitrogens with zero attached hydrogens (tertiary/aromatic N) is 5. The molecule has 3 rings (SSSR count). The van der Waals surface area contributed by atoms with Crippen molar-refractivity contribution in [1.29, 1.82) is 0 Å². The van der Waals surface area contributed by atoms with Gasteiger partial charge in [0.25, 0.3) is 0 Å². The first-order valence-corrected chi connectivity index (χ1v) is 7.14. The molecule has 3 heterocycles. The molecular weight excluding hydrogens is 322 g/mol. The van der Waals surface area contributed by atoms with Crippen molar-refractivity contribution in [2.24, 2.45) is 0 Å². The van der Waals surface area contributed by atoms with Crippen molar-refractivity contribution >= 4 is 5.82 Å². The van der Waals surface area contributed by atoms with E-state index in [1.165, 1.54) is 13.2 Å². The van der Waals surface area contributed by atoms with Crippen LogP contribution in [0.2, 0.25) is 0 Å². The van der Waals surface area contributed by atoms with Crippen molar-refractivity contribution in [3.8, 4) is 17.5 Å². The Kier molecular flexibility index (Phi) is 4.80. The summed E-state index contributed by atoms with van der Waals surface area (Å²) in [4.78, 5) is 8.37. The standard InChI is InChI=1S/C12H17N7O5/c1-23-8-2-7(14-11(15-8)12-16-18-19-17-12)13-5-4-24-6(3-20)10(22)9(5)21/h2,5-6,9-10,20-22H,3-4H2,1H3,(H,13,14,15)(H,16,17,18,19)/t5-,6?,9?,10?/m0/s1. The van der Waals surface area contributed by atoms with Crippen molar-refractivity contribution in [3.05, 3.63) is 6.07 Å². The summed E-state index contributed by atoms with van der Waals surface area (Å²) in [5.41, 5.74) is 0. The highest BCUT2D eigenvalue weighted by molar-refractivity contribution is 5.50. The second-order valence-electron chi connectivity index (χ2n) is 5.16. The average Bonchev–Trinajstić information content (AvgIpc) is 3.13. The van der Waals surface area contributed by atoms with Crippen LogP contribution in [0.15, 0.2) is 6.07 Å². The number of methoxy groups -OCH3 is 1. The number of H-pyrrole nitrogens is 1. The van der Waals surface area contributed by atoms with Crippen LogP contribution in [-0.2, 0) is 4.74 Å². The van der Waals surface area contributed by atoms with Gasteiger partial charge in [0.15, 0.2) is 0 Å². The molecule has 1 aliphatic rings. The highest BCUT2D eigenvalue weighted by Crippen LogP contribution is 2.22. The number of hydrogen-bond acceptors (Lipinski definition) is 11. The number of ether oxygens (including phenoxy) is 2. The highest BCUT2D eigenvalue weighted by atomic mass is 16.5. The number of tetrazole rings is 1. The summed E-state index contributed by atoms with van der Waals surface area (Å²) in [7, 11) is 1.45. The van der Waals surface area contributed by atoms with Crippen molar-refractivity contribution in [3.63, 3.8) is 0 Å². The number of aromatic amines is 1. The SMILES string of the molecule is COc1cc(N[C@H]2COC(CO)C(O)C2O)nc(-c2nnn[nH]2)n1. The van der Waals surface area contributed by atoms with Crippen molar-refractivity contribution in [1.82, 2.24) is 30.6 Å². The predicted octanol–water partition coefficient (Wildman–Crippen LogP) is -2.44. The first-order chi connectivity index (χ1) is 11.6. The molecule has 1 saturated heterocycles. The second kappa shape index (κ2) is 7.00. The largest absolute Gasteiger partial charge is 0.481 e. The molecule has 12 nitrogen and oxygen atoms in total. The van der Waals surface area contributed by atoms with E-state index in [0.717, 1.165) is 0 Å². The average molecular weight is 339 g/mol. The van der Waals surface area contributed by atoms with Crippen LogP contribution in [0.3, 0.4) is 0 Å². The highest BCUT2D eigenvalue weighted by Gasteiger charge is 2.38. The molecular formula is C12H17N7O5. The Bertz CT molecular complexity index is 670. The van der Waals surface area contributed by atoms with Gasteiger partial charge in [0.2, 0.25) is 17.5 Å². The van der Waals surface area contributed by atoms with E-state index in [1.54, 1.807) is 0 Å². The van der Waals surface area contributed by atoms with E-state index >= 15 is 0 Å². The van der Waals surface area contributed by atoms with E-state index in [9.17, 15) is 10.2 Å². The van der Waals surface area contributed by atoms with E-state index in [-0.39, 0.29) is 30.7 Å². The lowest BCUT2D eigenvalue weighted by Gasteiger charge is -2.37. The number of anilines is 1. The third-order valence-corrected chi connectivity index (χ3v) is 3.62. The molecule has 0 saturated carbocycles. The van der Waals surface area contributed by atoms with Crippen molar-refractivity contribution in [2.75, 3.05) is 25.6 Å². The van der Waals surface area contributed by atoms with Gasteiger partial charge >= 0.3 is 0 Å². The lowest BCUT2D eigenvalue weighted by atomic mass is 9.98. The first-order valence-electron chi connectivity index (χ1n) is 7.14. The zero-order chi connectivity index (χ0) is 17.1. The summed E-state index contributed by atoms with van der Waals surface area (Å²) in [5, 5.41) is 45.3. The van der Waals surface area contributed by atoms with Crippen LogP contribution in [0, 0.1) is 0 Å². The summed E-state index contributed by atoms with van der Waals surface area (Å²) in [6.45, 7) is -0.302. The molecule has 5 N–H and O–H groups in total. The third kappa shape index (κ3) is 3.26. The number of aliphatic hydroxyl groups excluding tert-OH is 3. The van der Waals surface area contributed by atoms with E-state index in [2.05, 4.69) is 35.9 Å². The van der Waals surface area contributed by atoms with E-state index in [0.29, 0.717) is 5.82 Å². The second-order valence-corrected chi connectivity index (χ2v) is 5.16. The number of nitrogens with one attached hydrogen (secondary N) is 2. The van der Waals surface area contributed by atoms with Gasteiger partial charge in [-0.1, -0.05) is 0 Å². The van der Waals surface area contributed by atoms with Gasteiger partial charge in [-0.05, 0) is 10.4 Å². The predicted molar refractivity (Wildman–Crippen MR) is 78.0 cm³/mol. The van der Waals surface area contributed by atoms with Gasteiger partial charge in [-0.15, -0.1) is 5.10 Å². The fourth-order valence-electron chi connectivity index (χ4n) is 2.32. The van der Waals surface area contributed by atoms with Gasteiger partial charge in [-0.3, -0.25) is 0 Å². The summed E-state index contributed by atoms with van der Waals surface area (Å²) < 4.78 is 10.4. The van der Waals surface area contributed by atoms with Gasteiger partial charge < -0.3 is 30.1 Å². The first kappa shape index (κ1) is 16.4. The zero-order valence-electron chi connectivity index (χ0n) is 12.7. The maximum Gasteiger partial charge on any atom is 0.218 e. The van der Waals surface area contributed by atoms with E-state index in [4.69, 9.17) is 14.6 Å². The summed E-state index contributed by atoms with van der Waals surface area (Å²) >= 11 is 0. The molecule has 2 aromatic rings. The maximum absolute atomic E-state index is 10.2. The molecule has 130 valence electrons.